The molecule has 0 aliphatic heterocycles. The van der Waals surface area contributed by atoms with Gasteiger partial charge in [-0.25, -0.2) is 4.21 Å². The molecule has 0 bridgehead atoms. The molecule has 0 radical (unpaired) electrons. The van der Waals surface area contributed by atoms with Crippen LogP contribution < -0.4 is 0 Å². The van der Waals surface area contributed by atoms with E-state index in [9.17, 15) is 0 Å². The van der Waals surface area contributed by atoms with E-state index in [0.29, 0.717) is 0 Å². The van der Waals surface area contributed by atoms with Gasteiger partial charge >= 0.3 is 0 Å². The largest absolute Gasteiger partial charge is 0.750 e. The van der Waals surface area contributed by atoms with Crippen LogP contribution in [0.25, 0.3) is 0 Å². The maximum atomic E-state index is 8.56. The summed E-state index contributed by atoms with van der Waals surface area (Å²) in [6.07, 6.45) is 4.69. The van der Waals surface area contributed by atoms with Gasteiger partial charge in [0.05, 0.1) is 36.0 Å². The van der Waals surface area contributed by atoms with Crippen LogP contribution >= 0.6 is 7.26 Å². The second-order valence-corrected chi connectivity index (χ2v) is 12.5. The van der Waals surface area contributed by atoms with Crippen molar-refractivity contribution in [3.8, 4) is 0 Å². The maximum Gasteiger partial charge on any atom is 0.0852 e. The van der Waals surface area contributed by atoms with Crippen molar-refractivity contribution < 1.29 is 13.3 Å². The van der Waals surface area contributed by atoms with E-state index in [2.05, 4.69) is 121 Å². The van der Waals surface area contributed by atoms with Crippen LogP contribution in [-0.2, 0) is 36.0 Å². The highest BCUT2D eigenvalue weighted by Crippen LogP contribution is 2.68. The first kappa shape index (κ1) is 25.0. The molecule has 1 atom stereocenters. The highest BCUT2D eigenvalue weighted by molar-refractivity contribution is 7.73. The van der Waals surface area contributed by atoms with Gasteiger partial charge in [-0.1, -0.05) is 121 Å². The lowest BCUT2D eigenvalue weighted by Crippen LogP contribution is -2.08. The molecule has 0 amide bonds. The van der Waals surface area contributed by atoms with E-state index in [1.165, 1.54) is 46.9 Å². The lowest BCUT2D eigenvalue weighted by molar-refractivity contribution is 0.436. The zero-order valence-corrected chi connectivity index (χ0v) is 20.2. The van der Waals surface area contributed by atoms with Crippen LogP contribution in [0.15, 0.2) is 121 Å². The second-order valence-electron chi connectivity index (χ2n) is 8.13. The smallest absolute Gasteiger partial charge is 0.0852 e. The number of hydrogen-bond donors (Lipinski definition) is 1. The fourth-order valence-electron chi connectivity index (χ4n) is 4.22. The van der Waals surface area contributed by atoms with Crippen LogP contribution in [0.2, 0.25) is 0 Å². The van der Waals surface area contributed by atoms with Crippen molar-refractivity contribution in [1.29, 1.82) is 0 Å². The Hall–Kier alpha value is -2.62. The van der Waals surface area contributed by atoms with E-state index in [4.69, 9.17) is 13.3 Å². The fourth-order valence-corrected chi connectivity index (χ4v) is 8.83. The first-order valence-electron chi connectivity index (χ1n) is 10.8. The molecular formula is C28H29O3PS. The molecule has 33 heavy (non-hydrogen) atoms. The number of hydrogen-bond acceptors (Lipinski definition) is 2. The summed E-state index contributed by atoms with van der Waals surface area (Å²) in [5.74, 6) is 0. The molecule has 0 saturated heterocycles. The normalized spacial score (nSPS) is 11.8. The number of benzene rings is 4. The third-order valence-electron chi connectivity index (χ3n) is 5.44. The topological polar surface area (TPSA) is 60.4 Å². The van der Waals surface area contributed by atoms with Crippen LogP contribution in [0.3, 0.4) is 0 Å². The van der Waals surface area contributed by atoms with Crippen LogP contribution in [0.1, 0.15) is 22.3 Å². The van der Waals surface area contributed by atoms with Gasteiger partial charge in [0, 0.05) is 7.26 Å². The summed E-state index contributed by atoms with van der Waals surface area (Å²) in [5, 5.41) is 0. The van der Waals surface area contributed by atoms with Gasteiger partial charge in [0.25, 0.3) is 0 Å². The van der Waals surface area contributed by atoms with E-state index >= 15 is 0 Å². The summed E-state index contributed by atoms with van der Waals surface area (Å²) in [7, 11) is -1.38. The van der Waals surface area contributed by atoms with Crippen molar-refractivity contribution >= 4 is 18.6 Å². The summed E-state index contributed by atoms with van der Waals surface area (Å²) in [5.41, 5.74) is 5.85. The summed E-state index contributed by atoms with van der Waals surface area (Å²) < 4.78 is 24.1. The highest BCUT2D eigenvalue weighted by Gasteiger charge is 2.38. The van der Waals surface area contributed by atoms with Crippen LogP contribution in [-0.4, -0.2) is 13.3 Å². The molecule has 0 heterocycles. The van der Waals surface area contributed by atoms with Gasteiger partial charge in [-0.3, -0.25) is 0 Å². The Bertz CT molecular complexity index is 916. The average Bonchev–Trinajstić information content (AvgIpc) is 2.81. The second kappa shape index (κ2) is 13.2. The zero-order valence-electron chi connectivity index (χ0n) is 18.5. The summed E-state index contributed by atoms with van der Waals surface area (Å²) >= 11 is -2.86. The molecule has 0 aliphatic rings. The molecule has 4 rings (SSSR count). The van der Waals surface area contributed by atoms with E-state index < -0.39 is 18.6 Å². The van der Waals surface area contributed by atoms with Crippen molar-refractivity contribution in [3.05, 3.63) is 144 Å². The Morgan fingerprint density at radius 3 is 0.879 bits per heavy atom. The quantitative estimate of drug-likeness (QED) is 0.217. The van der Waals surface area contributed by atoms with Crippen molar-refractivity contribution in [2.75, 3.05) is 0 Å². The molecule has 3 nitrogen and oxygen atoms in total. The van der Waals surface area contributed by atoms with Crippen molar-refractivity contribution in [2.24, 2.45) is 0 Å². The SMILES string of the molecule is O=S([O-])O.c1ccc(C[P+](Cc2ccccc2)(Cc2ccccc2)Cc2ccccc2)cc1. The van der Waals surface area contributed by atoms with Gasteiger partial charge in [0.2, 0.25) is 0 Å². The molecule has 1 unspecified atom stereocenters. The van der Waals surface area contributed by atoms with Crippen LogP contribution in [0, 0.1) is 0 Å². The first-order chi connectivity index (χ1) is 16.0. The minimum atomic E-state index is -2.86. The molecule has 0 fully saturated rings. The van der Waals surface area contributed by atoms with Gasteiger partial charge in [-0.15, -0.1) is 0 Å². The van der Waals surface area contributed by atoms with Gasteiger partial charge in [0.1, 0.15) is 0 Å². The van der Waals surface area contributed by atoms with E-state index in [-0.39, 0.29) is 0 Å². The molecule has 0 aromatic heterocycles. The van der Waals surface area contributed by atoms with Gasteiger partial charge in [-0.2, -0.15) is 0 Å². The Kier molecular flexibility index (Phi) is 9.99. The predicted molar refractivity (Wildman–Crippen MR) is 139 cm³/mol. The average molecular weight is 477 g/mol. The molecule has 0 aliphatic carbocycles. The molecule has 170 valence electrons. The van der Waals surface area contributed by atoms with Gasteiger partial charge < -0.3 is 9.11 Å². The van der Waals surface area contributed by atoms with E-state index in [0.717, 1.165) is 0 Å². The predicted octanol–water partition coefficient (Wildman–Crippen LogP) is 7.14. The third kappa shape index (κ3) is 9.03. The van der Waals surface area contributed by atoms with Crippen molar-refractivity contribution in [1.82, 2.24) is 0 Å². The summed E-state index contributed by atoms with van der Waals surface area (Å²) in [4.78, 5) is 0. The van der Waals surface area contributed by atoms with Crippen LogP contribution in [0.4, 0.5) is 0 Å². The molecular weight excluding hydrogens is 447 g/mol. The molecule has 5 heteroatoms. The molecule has 0 spiro atoms. The Morgan fingerprint density at radius 2 is 0.697 bits per heavy atom. The highest BCUT2D eigenvalue weighted by atomic mass is 32.2. The lowest BCUT2D eigenvalue weighted by Gasteiger charge is -2.29. The Balaban J connectivity index is 0.000000709. The summed E-state index contributed by atoms with van der Waals surface area (Å²) in [6, 6.07) is 44.3. The minimum absolute atomic E-state index is 1.17. The number of rotatable bonds is 8. The Labute approximate surface area is 200 Å². The summed E-state index contributed by atoms with van der Waals surface area (Å²) in [6.45, 7) is 0. The molecule has 4 aromatic rings. The van der Waals surface area contributed by atoms with Crippen LogP contribution in [0.5, 0.6) is 0 Å². The van der Waals surface area contributed by atoms with Gasteiger partial charge in [0.15, 0.2) is 0 Å². The zero-order chi connectivity index (χ0) is 23.4. The maximum absolute atomic E-state index is 8.56. The third-order valence-corrected chi connectivity index (χ3v) is 9.59. The first-order valence-corrected chi connectivity index (χ1v) is 14.4. The molecule has 0 saturated carbocycles. The van der Waals surface area contributed by atoms with Gasteiger partial charge in [-0.05, 0) is 22.3 Å². The van der Waals surface area contributed by atoms with Crippen molar-refractivity contribution in [3.63, 3.8) is 0 Å². The monoisotopic (exact) mass is 476 g/mol. The fraction of sp³-hybridized carbons (Fsp3) is 0.143. The Morgan fingerprint density at radius 1 is 0.515 bits per heavy atom. The van der Waals surface area contributed by atoms with E-state index in [1.54, 1.807) is 0 Å². The van der Waals surface area contributed by atoms with Crippen molar-refractivity contribution in [2.45, 2.75) is 24.6 Å². The molecule has 4 aromatic carbocycles. The standard InChI is InChI=1S/C28H28P.H2O3S/c1-5-13-25(14-6-1)21-29(22-26-15-7-2-8-16-26,23-27-17-9-3-10-18-27)24-28-19-11-4-12-20-28;1-4(2)3/h1-20H,21-24H2;(H2,1,2,3)/q+1;/p-1. The lowest BCUT2D eigenvalue weighted by atomic mass is 10.2. The van der Waals surface area contributed by atoms with E-state index in [1.807, 2.05) is 0 Å². The molecule has 1 N–H and O–H groups in total. The minimum Gasteiger partial charge on any atom is -0.750 e.